The molecule has 0 radical (unpaired) electrons. The van der Waals surface area contributed by atoms with Crippen molar-refractivity contribution in [1.29, 1.82) is 0 Å². The average molecular weight is 320 g/mol. The van der Waals surface area contributed by atoms with Crippen LogP contribution in [0.25, 0.3) is 0 Å². The summed E-state index contributed by atoms with van der Waals surface area (Å²) in [6.07, 6.45) is 0. The van der Waals surface area contributed by atoms with Crippen LogP contribution in [0.1, 0.15) is 21.5 Å². The first-order valence-electron chi connectivity index (χ1n) is 5.88. The van der Waals surface area contributed by atoms with Gasteiger partial charge >= 0.3 is 5.97 Å². The molecule has 0 aliphatic heterocycles. The van der Waals surface area contributed by atoms with Gasteiger partial charge in [-0.15, -0.1) is 0 Å². The number of carbonyl (C=O) groups is 1. The number of aryl methyl sites for hydroxylation is 1. The molecule has 2 N–H and O–H groups in total. The van der Waals surface area contributed by atoms with E-state index in [-0.39, 0.29) is 5.56 Å². The fourth-order valence-corrected chi connectivity index (χ4v) is 2.33. The molecule has 4 heteroatoms. The van der Waals surface area contributed by atoms with Gasteiger partial charge in [0.05, 0.1) is 5.56 Å². The molecular formula is C15H14BrNO2. The van der Waals surface area contributed by atoms with Crippen LogP contribution in [0.4, 0.5) is 5.69 Å². The van der Waals surface area contributed by atoms with E-state index >= 15 is 0 Å². The van der Waals surface area contributed by atoms with Crippen molar-refractivity contribution < 1.29 is 9.90 Å². The van der Waals surface area contributed by atoms with Crippen molar-refractivity contribution in [3.8, 4) is 0 Å². The lowest BCUT2D eigenvalue weighted by Gasteiger charge is -2.09. The zero-order chi connectivity index (χ0) is 13.8. The summed E-state index contributed by atoms with van der Waals surface area (Å²) >= 11 is 3.32. The first-order chi connectivity index (χ1) is 9.04. The van der Waals surface area contributed by atoms with E-state index in [1.165, 1.54) is 5.56 Å². The van der Waals surface area contributed by atoms with E-state index in [1.807, 2.05) is 31.2 Å². The molecule has 0 spiro atoms. The second-order valence-corrected chi connectivity index (χ2v) is 5.29. The molecule has 19 heavy (non-hydrogen) atoms. The van der Waals surface area contributed by atoms with E-state index < -0.39 is 5.97 Å². The summed E-state index contributed by atoms with van der Waals surface area (Å²) in [5, 5.41) is 12.2. The number of aromatic carboxylic acids is 1. The highest BCUT2D eigenvalue weighted by Gasteiger charge is 2.05. The third-order valence-corrected chi connectivity index (χ3v) is 3.18. The smallest absolute Gasteiger partial charge is 0.335 e. The maximum atomic E-state index is 11.0. The van der Waals surface area contributed by atoms with E-state index in [1.54, 1.807) is 12.1 Å². The Balaban J connectivity index is 2.13. The van der Waals surface area contributed by atoms with Gasteiger partial charge in [0.2, 0.25) is 0 Å². The summed E-state index contributed by atoms with van der Waals surface area (Å²) in [5.74, 6) is -0.931. The summed E-state index contributed by atoms with van der Waals surface area (Å²) in [6.45, 7) is 2.71. The molecule has 0 saturated heterocycles. The minimum Gasteiger partial charge on any atom is -0.478 e. The van der Waals surface area contributed by atoms with Gasteiger partial charge in [-0.05, 0) is 30.7 Å². The molecule has 0 fully saturated rings. The molecule has 0 aromatic heterocycles. The number of benzene rings is 2. The normalized spacial score (nSPS) is 10.2. The second-order valence-electron chi connectivity index (χ2n) is 4.38. The van der Waals surface area contributed by atoms with E-state index in [2.05, 4.69) is 27.3 Å². The van der Waals surface area contributed by atoms with Gasteiger partial charge in [0.1, 0.15) is 0 Å². The molecule has 0 saturated carbocycles. The lowest BCUT2D eigenvalue weighted by Crippen LogP contribution is -2.02. The van der Waals surface area contributed by atoms with Crippen LogP contribution in [0.5, 0.6) is 0 Å². The van der Waals surface area contributed by atoms with Crippen LogP contribution in [0.2, 0.25) is 0 Å². The van der Waals surface area contributed by atoms with Crippen molar-refractivity contribution in [1.82, 2.24) is 0 Å². The predicted octanol–water partition coefficient (Wildman–Crippen LogP) is 4.07. The minimum absolute atomic E-state index is 0.265. The Morgan fingerprint density at radius 2 is 2.05 bits per heavy atom. The number of rotatable bonds is 4. The molecule has 0 aliphatic rings. The Hall–Kier alpha value is -1.81. The lowest BCUT2D eigenvalue weighted by atomic mass is 10.1. The molecular weight excluding hydrogens is 306 g/mol. The van der Waals surface area contributed by atoms with Gasteiger partial charge in [-0.25, -0.2) is 4.79 Å². The van der Waals surface area contributed by atoms with Crippen LogP contribution in [0.15, 0.2) is 46.9 Å². The zero-order valence-corrected chi connectivity index (χ0v) is 12.1. The topological polar surface area (TPSA) is 49.3 Å². The van der Waals surface area contributed by atoms with Crippen molar-refractivity contribution in [2.45, 2.75) is 13.5 Å². The molecule has 98 valence electrons. The van der Waals surface area contributed by atoms with Crippen molar-refractivity contribution >= 4 is 27.6 Å². The lowest BCUT2D eigenvalue weighted by molar-refractivity contribution is 0.0697. The summed E-state index contributed by atoms with van der Waals surface area (Å²) in [4.78, 5) is 11.0. The summed E-state index contributed by atoms with van der Waals surface area (Å²) in [5.41, 5.74) is 3.42. The maximum absolute atomic E-state index is 11.0. The predicted molar refractivity (Wildman–Crippen MR) is 79.6 cm³/mol. The van der Waals surface area contributed by atoms with E-state index in [0.29, 0.717) is 6.54 Å². The highest BCUT2D eigenvalue weighted by molar-refractivity contribution is 9.10. The highest BCUT2D eigenvalue weighted by Crippen LogP contribution is 2.20. The fourth-order valence-electron chi connectivity index (χ4n) is 1.84. The maximum Gasteiger partial charge on any atom is 0.335 e. The molecule has 2 aromatic carbocycles. The van der Waals surface area contributed by atoms with Gasteiger partial charge in [0.25, 0.3) is 0 Å². The van der Waals surface area contributed by atoms with E-state index in [9.17, 15) is 4.79 Å². The molecule has 2 aromatic rings. The van der Waals surface area contributed by atoms with Crippen molar-refractivity contribution in [3.05, 3.63) is 63.6 Å². The van der Waals surface area contributed by atoms with Crippen LogP contribution in [0, 0.1) is 6.92 Å². The first-order valence-corrected chi connectivity index (χ1v) is 6.67. The average Bonchev–Trinajstić information content (AvgIpc) is 2.36. The Morgan fingerprint density at radius 3 is 2.74 bits per heavy atom. The quantitative estimate of drug-likeness (QED) is 0.893. The minimum atomic E-state index is -0.931. The molecule has 0 atom stereocenters. The molecule has 3 nitrogen and oxygen atoms in total. The van der Waals surface area contributed by atoms with Crippen molar-refractivity contribution in [2.75, 3.05) is 5.32 Å². The molecule has 0 bridgehead atoms. The van der Waals surface area contributed by atoms with Gasteiger partial charge in [-0.3, -0.25) is 0 Å². The summed E-state index contributed by atoms with van der Waals surface area (Å²) in [7, 11) is 0. The first kappa shape index (κ1) is 13.6. The number of carboxylic acids is 1. The summed E-state index contributed by atoms with van der Waals surface area (Å²) in [6, 6.07) is 13.3. The molecule has 2 rings (SSSR count). The number of carboxylic acid groups (broad SMARTS) is 1. The number of anilines is 1. The van der Waals surface area contributed by atoms with Crippen molar-refractivity contribution in [2.24, 2.45) is 0 Å². The molecule has 0 amide bonds. The van der Waals surface area contributed by atoms with Crippen LogP contribution >= 0.6 is 15.9 Å². The number of halogens is 1. The third kappa shape index (κ3) is 3.83. The Kier molecular flexibility index (Phi) is 4.22. The van der Waals surface area contributed by atoms with E-state index in [0.717, 1.165) is 15.7 Å². The van der Waals surface area contributed by atoms with Crippen LogP contribution in [-0.4, -0.2) is 11.1 Å². The van der Waals surface area contributed by atoms with Crippen LogP contribution in [0.3, 0.4) is 0 Å². The van der Waals surface area contributed by atoms with Gasteiger partial charge in [0.15, 0.2) is 0 Å². The monoisotopic (exact) mass is 319 g/mol. The Morgan fingerprint density at radius 1 is 1.26 bits per heavy atom. The SMILES string of the molecule is Cc1cccc(CNc2cc(Br)cc(C(=O)O)c2)c1. The Labute approximate surface area is 120 Å². The zero-order valence-electron chi connectivity index (χ0n) is 10.5. The standard InChI is InChI=1S/C15H14BrNO2/c1-10-3-2-4-11(5-10)9-17-14-7-12(15(18)19)6-13(16)8-14/h2-8,17H,9H2,1H3,(H,18,19). The molecule has 0 aliphatic carbocycles. The second kappa shape index (κ2) is 5.89. The van der Waals surface area contributed by atoms with Gasteiger partial charge in [0, 0.05) is 16.7 Å². The van der Waals surface area contributed by atoms with Crippen molar-refractivity contribution in [3.63, 3.8) is 0 Å². The van der Waals surface area contributed by atoms with Gasteiger partial charge < -0.3 is 10.4 Å². The molecule has 0 unspecified atom stereocenters. The number of hydrogen-bond donors (Lipinski definition) is 2. The van der Waals surface area contributed by atoms with Gasteiger partial charge in [-0.1, -0.05) is 45.8 Å². The van der Waals surface area contributed by atoms with Crippen LogP contribution in [-0.2, 0) is 6.54 Å². The summed E-state index contributed by atoms with van der Waals surface area (Å²) < 4.78 is 0.749. The van der Waals surface area contributed by atoms with E-state index in [4.69, 9.17) is 5.11 Å². The fraction of sp³-hybridized carbons (Fsp3) is 0.133. The largest absolute Gasteiger partial charge is 0.478 e. The number of hydrogen-bond acceptors (Lipinski definition) is 2. The van der Waals surface area contributed by atoms with Crippen LogP contribution < -0.4 is 5.32 Å². The highest BCUT2D eigenvalue weighted by atomic mass is 79.9. The molecule has 0 heterocycles. The number of nitrogens with one attached hydrogen (secondary N) is 1. The third-order valence-electron chi connectivity index (χ3n) is 2.72. The Bertz CT molecular complexity index is 611. The van der Waals surface area contributed by atoms with Gasteiger partial charge in [-0.2, -0.15) is 0 Å².